The minimum atomic E-state index is -0.464. The number of benzene rings is 2. The molecule has 0 aromatic heterocycles. The van der Waals surface area contributed by atoms with E-state index in [0.29, 0.717) is 16.5 Å². The highest BCUT2D eigenvalue weighted by Crippen LogP contribution is 2.31. The van der Waals surface area contributed by atoms with Crippen LogP contribution >= 0.6 is 27.5 Å². The van der Waals surface area contributed by atoms with Crippen molar-refractivity contribution in [1.29, 1.82) is 0 Å². The van der Waals surface area contributed by atoms with Crippen molar-refractivity contribution in [3.8, 4) is 11.5 Å². The molecule has 0 fully saturated rings. The van der Waals surface area contributed by atoms with E-state index < -0.39 is 5.97 Å². The Balaban J connectivity index is 2.00. The van der Waals surface area contributed by atoms with Crippen molar-refractivity contribution in [3.05, 3.63) is 57.0 Å². The van der Waals surface area contributed by atoms with Crippen molar-refractivity contribution in [2.45, 2.75) is 33.1 Å². The molecule has 0 heterocycles. The standard InChI is InChI=1S/C19H20BrClO3/c1-12-9-14(21)6-8-16(12)23-11-18(22)24-17-7-5-13(10-15(17)20)19(2,3)4/h5-10H,11H2,1-4H3. The zero-order chi connectivity index (χ0) is 17.9. The van der Waals surface area contributed by atoms with Gasteiger partial charge in [0, 0.05) is 5.02 Å². The van der Waals surface area contributed by atoms with Crippen LogP contribution in [-0.4, -0.2) is 12.6 Å². The van der Waals surface area contributed by atoms with Gasteiger partial charge in [0.25, 0.3) is 0 Å². The number of esters is 1. The van der Waals surface area contributed by atoms with Gasteiger partial charge in [-0.1, -0.05) is 38.4 Å². The molecule has 0 unspecified atom stereocenters. The van der Waals surface area contributed by atoms with Crippen molar-refractivity contribution in [2.24, 2.45) is 0 Å². The van der Waals surface area contributed by atoms with Crippen molar-refractivity contribution in [3.63, 3.8) is 0 Å². The molecule has 0 aliphatic heterocycles. The van der Waals surface area contributed by atoms with Crippen LogP contribution in [-0.2, 0) is 10.2 Å². The molecular formula is C19H20BrClO3. The molecular weight excluding hydrogens is 392 g/mol. The van der Waals surface area contributed by atoms with E-state index in [4.69, 9.17) is 21.1 Å². The van der Waals surface area contributed by atoms with Gasteiger partial charge in [0.2, 0.25) is 0 Å². The topological polar surface area (TPSA) is 35.5 Å². The highest BCUT2D eigenvalue weighted by molar-refractivity contribution is 9.10. The number of hydrogen-bond donors (Lipinski definition) is 0. The molecule has 0 spiro atoms. The van der Waals surface area contributed by atoms with Gasteiger partial charge in [0.05, 0.1) is 4.47 Å². The molecule has 0 radical (unpaired) electrons. The lowest BCUT2D eigenvalue weighted by Gasteiger charge is -2.20. The second-order valence-corrected chi connectivity index (χ2v) is 7.86. The largest absolute Gasteiger partial charge is 0.482 e. The number of aryl methyl sites for hydroxylation is 1. The predicted octanol–water partition coefficient (Wildman–Crippen LogP) is 5.69. The minimum Gasteiger partial charge on any atom is -0.482 e. The lowest BCUT2D eigenvalue weighted by Crippen LogP contribution is -2.18. The Morgan fingerprint density at radius 2 is 1.79 bits per heavy atom. The van der Waals surface area contributed by atoms with Crippen molar-refractivity contribution in [2.75, 3.05) is 6.61 Å². The highest BCUT2D eigenvalue weighted by atomic mass is 79.9. The summed E-state index contributed by atoms with van der Waals surface area (Å²) < 4.78 is 11.6. The summed E-state index contributed by atoms with van der Waals surface area (Å²) in [5, 5.41) is 0.630. The van der Waals surface area contributed by atoms with E-state index in [0.717, 1.165) is 15.6 Å². The summed E-state index contributed by atoms with van der Waals surface area (Å²) in [6.45, 7) is 8.08. The Morgan fingerprint density at radius 1 is 1.12 bits per heavy atom. The first kappa shape index (κ1) is 18.8. The molecule has 2 aromatic carbocycles. The maximum Gasteiger partial charge on any atom is 0.349 e. The molecule has 0 aliphatic carbocycles. The van der Waals surface area contributed by atoms with Crippen LogP contribution in [0.4, 0.5) is 0 Å². The van der Waals surface area contributed by atoms with Gasteiger partial charge in [0.1, 0.15) is 11.5 Å². The Labute approximate surface area is 156 Å². The molecule has 2 aromatic rings. The number of halogens is 2. The number of rotatable bonds is 4. The third kappa shape index (κ3) is 4.99. The maximum atomic E-state index is 12.0. The number of carbonyl (C=O) groups excluding carboxylic acids is 1. The molecule has 0 aliphatic rings. The SMILES string of the molecule is Cc1cc(Cl)ccc1OCC(=O)Oc1ccc(C(C)(C)C)cc1Br. The molecule has 5 heteroatoms. The fourth-order valence-electron chi connectivity index (χ4n) is 2.11. The quantitative estimate of drug-likeness (QED) is 0.479. The Bertz CT molecular complexity index is 751. The summed E-state index contributed by atoms with van der Waals surface area (Å²) in [5.74, 6) is 0.622. The average molecular weight is 412 g/mol. The molecule has 0 amide bonds. The summed E-state index contributed by atoms with van der Waals surface area (Å²) in [5.41, 5.74) is 2.05. The first-order valence-electron chi connectivity index (χ1n) is 7.56. The number of hydrogen-bond acceptors (Lipinski definition) is 3. The van der Waals surface area contributed by atoms with Crippen molar-refractivity contribution >= 4 is 33.5 Å². The Morgan fingerprint density at radius 3 is 2.38 bits per heavy atom. The first-order valence-corrected chi connectivity index (χ1v) is 8.73. The van der Waals surface area contributed by atoms with Crippen LogP contribution < -0.4 is 9.47 Å². The van der Waals surface area contributed by atoms with Crippen LogP contribution in [0, 0.1) is 6.92 Å². The zero-order valence-corrected chi connectivity index (χ0v) is 16.5. The lowest BCUT2D eigenvalue weighted by molar-refractivity contribution is -0.136. The summed E-state index contributed by atoms with van der Waals surface area (Å²) in [7, 11) is 0. The summed E-state index contributed by atoms with van der Waals surface area (Å²) >= 11 is 9.35. The van der Waals surface area contributed by atoms with Crippen LogP contribution in [0.5, 0.6) is 11.5 Å². The van der Waals surface area contributed by atoms with E-state index in [1.807, 2.05) is 19.1 Å². The van der Waals surface area contributed by atoms with E-state index >= 15 is 0 Å². The van der Waals surface area contributed by atoms with Gasteiger partial charge < -0.3 is 9.47 Å². The molecule has 0 saturated heterocycles. The molecule has 0 bridgehead atoms. The van der Waals surface area contributed by atoms with Gasteiger partial charge in [-0.15, -0.1) is 0 Å². The maximum absolute atomic E-state index is 12.0. The molecule has 0 saturated carbocycles. The summed E-state index contributed by atoms with van der Waals surface area (Å²) in [4.78, 5) is 12.0. The number of ether oxygens (including phenoxy) is 2. The smallest absolute Gasteiger partial charge is 0.349 e. The lowest BCUT2D eigenvalue weighted by atomic mass is 9.87. The fourth-order valence-corrected chi connectivity index (χ4v) is 2.80. The van der Waals surface area contributed by atoms with Gasteiger partial charge >= 0.3 is 5.97 Å². The van der Waals surface area contributed by atoms with Crippen LogP contribution in [0.3, 0.4) is 0 Å². The summed E-state index contributed by atoms with van der Waals surface area (Å²) in [6, 6.07) is 10.9. The van der Waals surface area contributed by atoms with Crippen LogP contribution in [0.25, 0.3) is 0 Å². The molecule has 2 rings (SSSR count). The van der Waals surface area contributed by atoms with Crippen LogP contribution in [0.2, 0.25) is 5.02 Å². The van der Waals surface area contributed by atoms with Crippen molar-refractivity contribution < 1.29 is 14.3 Å². The monoisotopic (exact) mass is 410 g/mol. The number of carbonyl (C=O) groups is 1. The van der Waals surface area contributed by atoms with E-state index in [-0.39, 0.29) is 12.0 Å². The zero-order valence-electron chi connectivity index (χ0n) is 14.2. The van der Waals surface area contributed by atoms with Crippen molar-refractivity contribution in [1.82, 2.24) is 0 Å². The minimum absolute atomic E-state index is 0.0281. The molecule has 0 N–H and O–H groups in total. The Hall–Kier alpha value is -1.52. The second-order valence-electron chi connectivity index (χ2n) is 6.57. The fraction of sp³-hybridized carbons (Fsp3) is 0.316. The summed E-state index contributed by atoms with van der Waals surface area (Å²) in [6.07, 6.45) is 0. The molecule has 128 valence electrons. The third-order valence-electron chi connectivity index (χ3n) is 3.50. The molecule has 3 nitrogen and oxygen atoms in total. The van der Waals surface area contributed by atoms with E-state index in [1.54, 1.807) is 24.3 Å². The van der Waals surface area contributed by atoms with Gasteiger partial charge in [-0.25, -0.2) is 4.79 Å². The third-order valence-corrected chi connectivity index (χ3v) is 4.36. The molecule has 24 heavy (non-hydrogen) atoms. The first-order chi connectivity index (χ1) is 11.2. The van der Waals surface area contributed by atoms with E-state index in [9.17, 15) is 4.79 Å². The highest BCUT2D eigenvalue weighted by Gasteiger charge is 2.16. The predicted molar refractivity (Wildman–Crippen MR) is 100 cm³/mol. The molecule has 0 atom stereocenters. The van der Waals surface area contributed by atoms with Gasteiger partial charge in [-0.3, -0.25) is 0 Å². The van der Waals surface area contributed by atoms with E-state index in [1.165, 1.54) is 0 Å². The van der Waals surface area contributed by atoms with Crippen LogP contribution in [0.15, 0.2) is 40.9 Å². The normalized spacial score (nSPS) is 11.2. The van der Waals surface area contributed by atoms with E-state index in [2.05, 4.69) is 36.7 Å². The van der Waals surface area contributed by atoms with Gasteiger partial charge in [0.15, 0.2) is 6.61 Å². The average Bonchev–Trinajstić information content (AvgIpc) is 2.47. The Kier molecular flexibility index (Phi) is 5.94. The van der Waals surface area contributed by atoms with Crippen LogP contribution in [0.1, 0.15) is 31.9 Å². The van der Waals surface area contributed by atoms with Gasteiger partial charge in [-0.2, -0.15) is 0 Å². The second kappa shape index (κ2) is 7.58. The van der Waals surface area contributed by atoms with Gasteiger partial charge in [-0.05, 0) is 69.7 Å².